The van der Waals surface area contributed by atoms with E-state index in [1.807, 2.05) is 0 Å². The van der Waals surface area contributed by atoms with Crippen molar-refractivity contribution in [2.45, 2.75) is 43.5 Å². The smallest absolute Gasteiger partial charge is 0.138 e. The van der Waals surface area contributed by atoms with Gasteiger partial charge in [-0.1, -0.05) is 6.58 Å². The van der Waals surface area contributed by atoms with Crippen molar-refractivity contribution in [3.8, 4) is 0 Å². The molecule has 9 heteroatoms. The van der Waals surface area contributed by atoms with E-state index in [0.29, 0.717) is 11.4 Å². The van der Waals surface area contributed by atoms with Gasteiger partial charge in [0.05, 0.1) is 25.4 Å². The Morgan fingerprint density at radius 1 is 1.39 bits per heavy atom. The molecule has 1 fully saturated rings. The summed E-state index contributed by atoms with van der Waals surface area (Å²) in [6.45, 7) is 2.89. The third-order valence-electron chi connectivity index (χ3n) is 3.93. The van der Waals surface area contributed by atoms with E-state index in [2.05, 4.69) is 11.6 Å². The monoisotopic (exact) mass is 329 g/mol. The van der Waals surface area contributed by atoms with Gasteiger partial charge in [0.25, 0.3) is 0 Å². The summed E-state index contributed by atoms with van der Waals surface area (Å²) >= 11 is 0. The molecule has 2 aliphatic rings. The topological polar surface area (TPSA) is 152 Å². The van der Waals surface area contributed by atoms with Crippen molar-refractivity contribution in [3.05, 3.63) is 24.2 Å². The van der Waals surface area contributed by atoms with Crippen LogP contribution >= 0.6 is 0 Å². The normalized spacial score (nSPS) is 30.9. The number of rotatable bonds is 6. The molecular formula is C14H23N3O6. The molecule has 7 N–H and O–H groups in total. The first kappa shape index (κ1) is 17.9. The lowest BCUT2D eigenvalue weighted by Gasteiger charge is -2.31. The standard InChI is InChI=1S/C14H23N3O6/c1-7-16-14(15)8(2-9(20)11(22)5-18)4-17(7)13-3-10(21)12(6-19)23-13/h4,9-13,18-22H,1-3,5-6H2,(H2,15,16)/t9-,10?,11-,12+,13+/m0/s1. The predicted octanol–water partition coefficient (Wildman–Crippen LogP) is -2.41. The minimum atomic E-state index is -1.29. The molecule has 23 heavy (non-hydrogen) atoms. The summed E-state index contributed by atoms with van der Waals surface area (Å²) in [4.78, 5) is 5.64. The maximum atomic E-state index is 9.82. The molecular weight excluding hydrogens is 306 g/mol. The molecule has 2 rings (SSSR count). The average Bonchev–Trinajstić information content (AvgIpc) is 2.89. The number of hydrogen-bond donors (Lipinski definition) is 6. The van der Waals surface area contributed by atoms with E-state index in [9.17, 15) is 15.3 Å². The van der Waals surface area contributed by atoms with Crippen LogP contribution in [0.1, 0.15) is 12.8 Å². The van der Waals surface area contributed by atoms with Gasteiger partial charge in [-0.15, -0.1) is 0 Å². The van der Waals surface area contributed by atoms with Gasteiger partial charge in [0.15, 0.2) is 0 Å². The molecule has 0 spiro atoms. The Kier molecular flexibility index (Phi) is 5.74. The first-order chi connectivity index (χ1) is 10.9. The van der Waals surface area contributed by atoms with E-state index in [1.54, 1.807) is 11.1 Å². The van der Waals surface area contributed by atoms with Crippen LogP contribution in [0.4, 0.5) is 0 Å². The fourth-order valence-electron chi connectivity index (χ4n) is 2.52. The Balaban J connectivity index is 2.13. The minimum Gasteiger partial charge on any atom is -0.394 e. The predicted molar refractivity (Wildman–Crippen MR) is 80.8 cm³/mol. The van der Waals surface area contributed by atoms with Crippen molar-refractivity contribution in [1.82, 2.24) is 4.90 Å². The quantitative estimate of drug-likeness (QED) is 0.315. The maximum Gasteiger partial charge on any atom is 0.138 e. The van der Waals surface area contributed by atoms with Crippen molar-refractivity contribution in [1.29, 1.82) is 0 Å². The van der Waals surface area contributed by atoms with Gasteiger partial charge in [-0.05, 0) is 0 Å². The van der Waals surface area contributed by atoms with Gasteiger partial charge >= 0.3 is 0 Å². The summed E-state index contributed by atoms with van der Waals surface area (Å²) in [6, 6.07) is 0. The SMILES string of the molecule is C=C1N=C(N)C(C[C@H](O)[C@@H](O)CO)=CN1[C@H]1CC(O)[C@@H](CO)O1. The second-order valence-electron chi connectivity index (χ2n) is 5.61. The Hall–Kier alpha value is -1.49. The second-order valence-corrected chi connectivity index (χ2v) is 5.61. The second kappa shape index (κ2) is 7.39. The molecule has 1 saturated heterocycles. The Labute approximate surface area is 133 Å². The number of nitrogens with two attached hydrogens (primary N) is 1. The molecule has 5 atom stereocenters. The highest BCUT2D eigenvalue weighted by Gasteiger charge is 2.38. The van der Waals surface area contributed by atoms with Gasteiger partial charge in [-0.2, -0.15) is 0 Å². The van der Waals surface area contributed by atoms with Gasteiger partial charge in [0, 0.05) is 24.6 Å². The molecule has 2 heterocycles. The lowest BCUT2D eigenvalue weighted by atomic mass is 10.0. The zero-order valence-corrected chi connectivity index (χ0v) is 12.6. The molecule has 9 nitrogen and oxygen atoms in total. The Morgan fingerprint density at radius 3 is 2.65 bits per heavy atom. The fourth-order valence-corrected chi connectivity index (χ4v) is 2.52. The van der Waals surface area contributed by atoms with Crippen LogP contribution in [-0.2, 0) is 4.74 Å². The number of aliphatic imine (C=N–C) groups is 1. The third-order valence-corrected chi connectivity index (χ3v) is 3.93. The average molecular weight is 329 g/mol. The molecule has 0 saturated carbocycles. The van der Waals surface area contributed by atoms with E-state index >= 15 is 0 Å². The first-order valence-corrected chi connectivity index (χ1v) is 7.31. The number of aliphatic hydroxyl groups excluding tert-OH is 5. The van der Waals surface area contributed by atoms with Crippen molar-refractivity contribution >= 4 is 5.84 Å². The lowest BCUT2D eigenvalue weighted by Crippen LogP contribution is -2.37. The van der Waals surface area contributed by atoms with Gasteiger partial charge in [-0.3, -0.25) is 0 Å². The zero-order chi connectivity index (χ0) is 17.1. The van der Waals surface area contributed by atoms with Crippen molar-refractivity contribution in [2.24, 2.45) is 10.7 Å². The number of aliphatic hydroxyl groups is 5. The summed E-state index contributed by atoms with van der Waals surface area (Å²) < 4.78 is 5.55. The Bertz CT molecular complexity index is 509. The minimum absolute atomic E-state index is 0.0143. The molecule has 0 aromatic carbocycles. The molecule has 0 aliphatic carbocycles. The molecule has 2 aliphatic heterocycles. The highest BCUT2D eigenvalue weighted by molar-refractivity contribution is 5.98. The first-order valence-electron chi connectivity index (χ1n) is 7.31. The van der Waals surface area contributed by atoms with Gasteiger partial charge in [0.2, 0.25) is 0 Å². The molecule has 130 valence electrons. The number of ether oxygens (including phenoxy) is 1. The van der Waals surface area contributed by atoms with Crippen LogP contribution in [0.15, 0.2) is 29.2 Å². The van der Waals surface area contributed by atoms with Crippen LogP contribution in [0, 0.1) is 0 Å². The van der Waals surface area contributed by atoms with Crippen LogP contribution in [0.3, 0.4) is 0 Å². The van der Waals surface area contributed by atoms with Crippen LogP contribution < -0.4 is 5.73 Å². The molecule has 0 aromatic heterocycles. The highest BCUT2D eigenvalue weighted by Crippen LogP contribution is 2.29. The van der Waals surface area contributed by atoms with Crippen LogP contribution in [0.5, 0.6) is 0 Å². The largest absolute Gasteiger partial charge is 0.394 e. The van der Waals surface area contributed by atoms with Crippen molar-refractivity contribution < 1.29 is 30.3 Å². The molecule has 1 unspecified atom stereocenters. The van der Waals surface area contributed by atoms with E-state index in [-0.39, 0.29) is 25.3 Å². The highest BCUT2D eigenvalue weighted by atomic mass is 16.5. The van der Waals surface area contributed by atoms with Crippen LogP contribution in [-0.4, -0.2) is 80.1 Å². The van der Waals surface area contributed by atoms with Gasteiger partial charge in [-0.25, -0.2) is 4.99 Å². The van der Waals surface area contributed by atoms with E-state index in [1.165, 1.54) is 0 Å². The maximum absolute atomic E-state index is 9.82. The van der Waals surface area contributed by atoms with Crippen LogP contribution in [0.25, 0.3) is 0 Å². The number of hydrogen-bond acceptors (Lipinski definition) is 9. The van der Waals surface area contributed by atoms with E-state index in [0.717, 1.165) is 0 Å². The number of nitrogens with zero attached hydrogens (tertiary/aromatic N) is 2. The van der Waals surface area contributed by atoms with Gasteiger partial charge in [0.1, 0.15) is 30.1 Å². The third kappa shape index (κ3) is 3.89. The molecule has 0 bridgehead atoms. The van der Waals surface area contributed by atoms with E-state index < -0.39 is 37.3 Å². The Morgan fingerprint density at radius 2 is 2.09 bits per heavy atom. The van der Waals surface area contributed by atoms with Gasteiger partial charge < -0.3 is 40.9 Å². The summed E-state index contributed by atoms with van der Waals surface area (Å²) in [7, 11) is 0. The summed E-state index contributed by atoms with van der Waals surface area (Å²) in [5, 5.41) is 47.1. The van der Waals surface area contributed by atoms with Crippen LogP contribution in [0.2, 0.25) is 0 Å². The molecule has 0 aromatic rings. The summed E-state index contributed by atoms with van der Waals surface area (Å²) in [5.74, 6) is 0.451. The lowest BCUT2D eigenvalue weighted by molar-refractivity contribution is -0.0567. The molecule has 0 amide bonds. The fraction of sp³-hybridized carbons (Fsp3) is 0.643. The summed E-state index contributed by atoms with van der Waals surface area (Å²) in [6.07, 6.45) is -2.73. The van der Waals surface area contributed by atoms with Crippen molar-refractivity contribution in [3.63, 3.8) is 0 Å². The zero-order valence-electron chi connectivity index (χ0n) is 12.6. The van der Waals surface area contributed by atoms with Crippen molar-refractivity contribution in [2.75, 3.05) is 13.2 Å². The molecule has 0 radical (unpaired) electrons. The number of amidine groups is 1. The summed E-state index contributed by atoms with van der Waals surface area (Å²) in [5.41, 5.74) is 6.26. The van der Waals surface area contributed by atoms with E-state index in [4.69, 9.17) is 20.7 Å².